The topological polar surface area (TPSA) is 82.8 Å². The number of rotatable bonds is 8. The normalized spacial score (nSPS) is 15.0. The van der Waals surface area contributed by atoms with E-state index in [1.165, 1.54) is 12.3 Å². The van der Waals surface area contributed by atoms with Crippen molar-refractivity contribution in [1.82, 2.24) is 10.3 Å². The molecule has 0 spiro atoms. The third-order valence-corrected chi connectivity index (χ3v) is 4.26. The molecule has 1 aromatic carbocycles. The zero-order valence-corrected chi connectivity index (χ0v) is 17.4. The molecule has 0 saturated heterocycles. The van der Waals surface area contributed by atoms with Crippen molar-refractivity contribution in [2.24, 2.45) is 5.92 Å². The number of hydrogen-bond acceptors (Lipinski definition) is 6. The smallest absolute Gasteiger partial charge is 0.408 e. The minimum absolute atomic E-state index is 0.0406. The number of nitrogens with one attached hydrogen (secondary N) is 1. The lowest BCUT2D eigenvalue weighted by molar-refractivity contribution is -0.0515. The quantitative estimate of drug-likeness (QED) is 0.618. The van der Waals surface area contributed by atoms with Gasteiger partial charge >= 0.3 is 12.7 Å². The molecule has 1 atom stereocenters. The number of ether oxygens (including phenoxy) is 3. The van der Waals surface area contributed by atoms with Gasteiger partial charge in [-0.15, -0.1) is 0 Å². The first-order valence-electron chi connectivity index (χ1n) is 9.78. The molecule has 1 aliphatic carbocycles. The summed E-state index contributed by atoms with van der Waals surface area (Å²) in [4.78, 5) is 16.2. The van der Waals surface area contributed by atoms with Crippen LogP contribution in [-0.4, -0.2) is 29.9 Å². The summed E-state index contributed by atoms with van der Waals surface area (Å²) in [7, 11) is 0. The van der Waals surface area contributed by atoms with Crippen molar-refractivity contribution >= 4 is 6.09 Å². The van der Waals surface area contributed by atoms with Gasteiger partial charge in [0.05, 0.1) is 18.8 Å². The molecule has 0 bridgehead atoms. The molecule has 9 heteroatoms. The second-order valence-electron chi connectivity index (χ2n) is 8.23. The van der Waals surface area contributed by atoms with Crippen LogP contribution in [-0.2, 0) is 4.74 Å². The van der Waals surface area contributed by atoms with E-state index in [9.17, 15) is 13.6 Å². The molecular weight excluding hydrogens is 398 g/mol. The van der Waals surface area contributed by atoms with Crippen molar-refractivity contribution in [3.8, 4) is 23.0 Å². The second kappa shape index (κ2) is 8.89. The van der Waals surface area contributed by atoms with Gasteiger partial charge in [-0.2, -0.15) is 8.78 Å². The van der Waals surface area contributed by atoms with Gasteiger partial charge in [0, 0.05) is 5.56 Å². The van der Waals surface area contributed by atoms with Crippen LogP contribution < -0.4 is 14.8 Å². The Morgan fingerprint density at radius 1 is 1.30 bits per heavy atom. The highest BCUT2D eigenvalue weighted by atomic mass is 19.3. The number of carbonyl (C=O) groups is 1. The van der Waals surface area contributed by atoms with Gasteiger partial charge in [0.1, 0.15) is 11.4 Å². The van der Waals surface area contributed by atoms with Crippen LogP contribution in [0.5, 0.6) is 11.5 Å². The number of carbonyl (C=O) groups excluding carboxylic acids is 1. The van der Waals surface area contributed by atoms with Crippen LogP contribution in [0.3, 0.4) is 0 Å². The molecule has 3 rings (SSSR count). The maximum atomic E-state index is 12.7. The van der Waals surface area contributed by atoms with Crippen molar-refractivity contribution in [2.75, 3.05) is 6.61 Å². The average Bonchev–Trinajstić information content (AvgIpc) is 3.32. The lowest BCUT2D eigenvalue weighted by atomic mass is 10.2. The minimum Gasteiger partial charge on any atom is -0.489 e. The predicted molar refractivity (Wildman–Crippen MR) is 105 cm³/mol. The van der Waals surface area contributed by atoms with Gasteiger partial charge < -0.3 is 23.9 Å². The number of alkyl carbamates (subject to hydrolysis) is 1. The third-order valence-electron chi connectivity index (χ3n) is 4.26. The van der Waals surface area contributed by atoms with E-state index in [0.717, 1.165) is 12.8 Å². The number of halogens is 2. The first-order valence-corrected chi connectivity index (χ1v) is 9.78. The second-order valence-corrected chi connectivity index (χ2v) is 8.23. The molecule has 0 radical (unpaired) electrons. The molecule has 1 saturated carbocycles. The van der Waals surface area contributed by atoms with Crippen molar-refractivity contribution < 1.29 is 32.2 Å². The largest absolute Gasteiger partial charge is 0.489 e. The molecule has 1 aromatic heterocycles. The molecule has 0 unspecified atom stereocenters. The number of alkyl halides is 2. The molecule has 1 heterocycles. The molecule has 1 aliphatic rings. The number of oxazole rings is 1. The van der Waals surface area contributed by atoms with Crippen LogP contribution in [0.4, 0.5) is 13.6 Å². The van der Waals surface area contributed by atoms with Crippen LogP contribution in [0.15, 0.2) is 28.8 Å². The summed E-state index contributed by atoms with van der Waals surface area (Å²) < 4.78 is 46.6. The Bertz CT molecular complexity index is 875. The number of aromatic nitrogens is 1. The van der Waals surface area contributed by atoms with Crippen LogP contribution in [0.25, 0.3) is 11.5 Å². The van der Waals surface area contributed by atoms with Crippen LogP contribution in [0.1, 0.15) is 52.3 Å². The first-order chi connectivity index (χ1) is 14.1. The zero-order valence-electron chi connectivity index (χ0n) is 17.4. The number of amides is 1. The third kappa shape index (κ3) is 6.33. The Kier molecular flexibility index (Phi) is 6.48. The summed E-state index contributed by atoms with van der Waals surface area (Å²) in [5, 5.41) is 2.68. The van der Waals surface area contributed by atoms with Gasteiger partial charge in [0.25, 0.3) is 0 Å². The molecule has 164 valence electrons. The van der Waals surface area contributed by atoms with Crippen LogP contribution in [0.2, 0.25) is 0 Å². The maximum Gasteiger partial charge on any atom is 0.408 e. The fraction of sp³-hybridized carbons (Fsp3) is 0.524. The Morgan fingerprint density at radius 2 is 2.03 bits per heavy atom. The zero-order chi connectivity index (χ0) is 21.9. The summed E-state index contributed by atoms with van der Waals surface area (Å²) in [5.74, 6) is 1.30. The van der Waals surface area contributed by atoms with Crippen molar-refractivity contribution in [1.29, 1.82) is 0 Å². The summed E-state index contributed by atoms with van der Waals surface area (Å²) in [6, 6.07) is 4.04. The van der Waals surface area contributed by atoms with E-state index in [4.69, 9.17) is 13.9 Å². The summed E-state index contributed by atoms with van der Waals surface area (Å²) in [6.45, 7) is 4.54. The van der Waals surface area contributed by atoms with Crippen LogP contribution >= 0.6 is 0 Å². The molecule has 7 nitrogen and oxygen atoms in total. The molecule has 1 fully saturated rings. The van der Waals surface area contributed by atoms with E-state index in [1.54, 1.807) is 39.8 Å². The summed E-state index contributed by atoms with van der Waals surface area (Å²) in [6.07, 6.45) is 3.05. The standard InChI is InChI=1S/C21H26F2N2O5/c1-12(25-20(26)30-21(2,3)4)17-10-24-18(28-17)14-7-8-15(29-19(22)23)16(9-14)27-11-13-5-6-13/h7-10,12-13,19H,5-6,11H2,1-4H3,(H,25,26)/t12-/m0/s1. The Morgan fingerprint density at radius 3 is 2.67 bits per heavy atom. The molecule has 1 amide bonds. The van der Waals surface area contributed by atoms with Gasteiger partial charge in [0.2, 0.25) is 5.89 Å². The number of nitrogens with zero attached hydrogens (tertiary/aromatic N) is 1. The van der Waals surface area contributed by atoms with E-state index in [0.29, 0.717) is 23.8 Å². The highest BCUT2D eigenvalue weighted by Crippen LogP contribution is 2.36. The summed E-state index contributed by atoms with van der Waals surface area (Å²) >= 11 is 0. The molecule has 30 heavy (non-hydrogen) atoms. The minimum atomic E-state index is -2.95. The molecule has 0 aliphatic heterocycles. The fourth-order valence-electron chi connectivity index (χ4n) is 2.62. The Labute approximate surface area is 173 Å². The average molecular weight is 424 g/mol. The van der Waals surface area contributed by atoms with Crippen molar-refractivity contribution in [2.45, 2.75) is 58.8 Å². The van der Waals surface area contributed by atoms with Gasteiger partial charge in [-0.05, 0) is 64.7 Å². The van der Waals surface area contributed by atoms with E-state index < -0.39 is 24.3 Å². The highest BCUT2D eigenvalue weighted by molar-refractivity contribution is 5.68. The van der Waals surface area contributed by atoms with Gasteiger partial charge in [0.15, 0.2) is 11.5 Å². The van der Waals surface area contributed by atoms with E-state index in [1.807, 2.05) is 0 Å². The van der Waals surface area contributed by atoms with Gasteiger partial charge in [-0.3, -0.25) is 0 Å². The van der Waals surface area contributed by atoms with Gasteiger partial charge in [-0.1, -0.05) is 0 Å². The highest BCUT2D eigenvalue weighted by Gasteiger charge is 2.24. The van der Waals surface area contributed by atoms with E-state index >= 15 is 0 Å². The molecule has 1 N–H and O–H groups in total. The van der Waals surface area contributed by atoms with E-state index in [2.05, 4.69) is 15.0 Å². The SMILES string of the molecule is C[C@H](NC(=O)OC(C)(C)C)c1cnc(-c2ccc(OC(F)F)c(OCC3CC3)c2)o1. The lowest BCUT2D eigenvalue weighted by Gasteiger charge is -2.21. The first kappa shape index (κ1) is 21.9. The van der Waals surface area contributed by atoms with Crippen molar-refractivity contribution in [3.63, 3.8) is 0 Å². The van der Waals surface area contributed by atoms with Gasteiger partial charge in [-0.25, -0.2) is 9.78 Å². The molecular formula is C21H26F2N2O5. The molecule has 2 aromatic rings. The monoisotopic (exact) mass is 424 g/mol. The Hall–Kier alpha value is -2.84. The fourth-order valence-corrected chi connectivity index (χ4v) is 2.62. The lowest BCUT2D eigenvalue weighted by Crippen LogP contribution is -2.33. The van der Waals surface area contributed by atoms with E-state index in [-0.39, 0.29) is 17.4 Å². The number of hydrogen-bond donors (Lipinski definition) is 1. The predicted octanol–water partition coefficient (Wildman–Crippen LogP) is 5.32. The van der Waals surface area contributed by atoms with Crippen molar-refractivity contribution in [3.05, 3.63) is 30.2 Å². The summed E-state index contributed by atoms with van der Waals surface area (Å²) in [5.41, 5.74) is -0.0758. The Balaban J connectivity index is 1.73. The maximum absolute atomic E-state index is 12.7. The number of benzene rings is 1. The van der Waals surface area contributed by atoms with Crippen LogP contribution in [0, 0.1) is 5.92 Å².